The number of hydrogen-bond donors (Lipinski definition) is 1. The van der Waals surface area contributed by atoms with E-state index in [9.17, 15) is 18.8 Å². The first-order valence-corrected chi connectivity index (χ1v) is 12.6. The number of carbonyl (C=O) groups excluding carboxylic acids is 3. The number of fused-ring (bicyclic) bond motifs is 1. The van der Waals surface area contributed by atoms with Crippen LogP contribution in [0.25, 0.3) is 0 Å². The molecule has 2 fully saturated rings. The molecule has 4 amide bonds. The Hall–Kier alpha value is -3.46. The summed E-state index contributed by atoms with van der Waals surface area (Å²) in [6, 6.07) is 15.1. The fourth-order valence-corrected chi connectivity index (χ4v) is 5.04. The van der Waals surface area contributed by atoms with E-state index >= 15 is 0 Å². The first kappa shape index (κ1) is 25.6. The number of amides is 4. The van der Waals surface area contributed by atoms with Crippen molar-refractivity contribution in [3.05, 3.63) is 71.5 Å². The lowest BCUT2D eigenvalue weighted by atomic mass is 10.0. The van der Waals surface area contributed by atoms with E-state index in [1.807, 2.05) is 25.1 Å². The summed E-state index contributed by atoms with van der Waals surface area (Å²) >= 11 is 0. The lowest BCUT2D eigenvalue weighted by Gasteiger charge is -2.54. The van der Waals surface area contributed by atoms with Gasteiger partial charge in [-0.3, -0.25) is 9.59 Å². The highest BCUT2D eigenvalue weighted by Crippen LogP contribution is 2.28. The van der Waals surface area contributed by atoms with E-state index in [1.165, 1.54) is 17.7 Å². The number of hydrazine groups is 1. The quantitative estimate of drug-likeness (QED) is 0.611. The predicted molar refractivity (Wildman–Crippen MR) is 134 cm³/mol. The first-order valence-electron chi connectivity index (χ1n) is 12.6. The smallest absolute Gasteiger partial charge is 0.334 e. The summed E-state index contributed by atoms with van der Waals surface area (Å²) in [5, 5.41) is 6.05. The van der Waals surface area contributed by atoms with Crippen molar-refractivity contribution >= 4 is 17.8 Å². The predicted octanol–water partition coefficient (Wildman–Crippen LogP) is 3.00. The topological polar surface area (TPSA) is 76.2 Å². The number of nitrogens with one attached hydrogen (secondary N) is 1. The number of rotatable bonds is 8. The van der Waals surface area contributed by atoms with E-state index < -0.39 is 12.2 Å². The van der Waals surface area contributed by atoms with Crippen LogP contribution in [0.5, 0.6) is 0 Å². The van der Waals surface area contributed by atoms with Crippen LogP contribution in [0.15, 0.2) is 54.6 Å². The van der Waals surface area contributed by atoms with Crippen LogP contribution in [-0.4, -0.2) is 76.6 Å². The number of piperazine rings is 1. The van der Waals surface area contributed by atoms with Crippen molar-refractivity contribution in [3.8, 4) is 0 Å². The Balaban J connectivity index is 1.50. The van der Waals surface area contributed by atoms with Gasteiger partial charge >= 0.3 is 6.03 Å². The highest BCUT2D eigenvalue weighted by Gasteiger charge is 2.50. The molecule has 2 aliphatic heterocycles. The van der Waals surface area contributed by atoms with Gasteiger partial charge in [0.2, 0.25) is 11.8 Å². The molecule has 0 saturated carbocycles. The molecule has 1 N–H and O–H groups in total. The zero-order valence-electron chi connectivity index (χ0n) is 20.9. The van der Waals surface area contributed by atoms with Crippen molar-refractivity contribution in [2.45, 2.75) is 51.4 Å². The third-order valence-electron chi connectivity index (χ3n) is 6.80. The molecule has 2 heterocycles. The third-order valence-corrected chi connectivity index (χ3v) is 6.80. The summed E-state index contributed by atoms with van der Waals surface area (Å²) in [5.74, 6) is -0.539. The fraction of sp³-hybridized carbons (Fsp3) is 0.444. The summed E-state index contributed by atoms with van der Waals surface area (Å²) < 4.78 is 13.2. The van der Waals surface area contributed by atoms with E-state index in [2.05, 4.69) is 17.4 Å². The lowest BCUT2D eigenvalue weighted by molar-refractivity contribution is -0.187. The number of carbonyl (C=O) groups is 3. The minimum absolute atomic E-state index is 0.0158. The van der Waals surface area contributed by atoms with Crippen LogP contribution < -0.4 is 5.32 Å². The highest BCUT2D eigenvalue weighted by molar-refractivity contribution is 5.91. The summed E-state index contributed by atoms with van der Waals surface area (Å²) in [6.07, 6.45) is 2.35. The average molecular weight is 496 g/mol. The largest absolute Gasteiger partial charge is 0.337 e. The van der Waals surface area contributed by atoms with Gasteiger partial charge in [0.05, 0.1) is 13.1 Å². The van der Waals surface area contributed by atoms with Gasteiger partial charge in [0.15, 0.2) is 0 Å². The Morgan fingerprint density at radius 1 is 1.06 bits per heavy atom. The van der Waals surface area contributed by atoms with E-state index in [1.54, 1.807) is 39.0 Å². The van der Waals surface area contributed by atoms with E-state index in [0.29, 0.717) is 13.0 Å². The van der Waals surface area contributed by atoms with Gasteiger partial charge in [-0.2, -0.15) is 0 Å². The molecular formula is C27H34FN5O3. The van der Waals surface area contributed by atoms with Crippen LogP contribution in [0.1, 0.15) is 37.3 Å². The van der Waals surface area contributed by atoms with Gasteiger partial charge in [-0.25, -0.2) is 19.2 Å². The van der Waals surface area contributed by atoms with Gasteiger partial charge < -0.3 is 15.1 Å². The van der Waals surface area contributed by atoms with Gasteiger partial charge in [0.1, 0.15) is 18.0 Å². The number of likely N-dealkylation sites (N-methyl/N-ethyl adjacent to an activating group) is 1. The minimum atomic E-state index is -0.588. The van der Waals surface area contributed by atoms with Crippen LogP contribution in [0.3, 0.4) is 0 Å². The van der Waals surface area contributed by atoms with Crippen molar-refractivity contribution in [1.82, 2.24) is 25.1 Å². The lowest BCUT2D eigenvalue weighted by Crippen LogP contribution is -2.75. The van der Waals surface area contributed by atoms with Crippen LogP contribution in [-0.2, 0) is 22.6 Å². The van der Waals surface area contributed by atoms with Gasteiger partial charge in [0, 0.05) is 20.1 Å². The SMILES string of the molecule is CCC[C@H]1C(=O)N(CCCc2ccccc2)C[C@H]2N1C(=O)CN(C)N2C(=O)NCc1ccc(F)cc1. The summed E-state index contributed by atoms with van der Waals surface area (Å²) in [6.45, 7) is 3.05. The molecule has 0 bridgehead atoms. The van der Waals surface area contributed by atoms with E-state index in [-0.39, 0.29) is 43.3 Å². The van der Waals surface area contributed by atoms with Crippen LogP contribution in [0.4, 0.5) is 9.18 Å². The normalized spacial score (nSPS) is 20.5. The van der Waals surface area contributed by atoms with Gasteiger partial charge in [0.25, 0.3) is 0 Å². The second-order valence-electron chi connectivity index (χ2n) is 9.41. The van der Waals surface area contributed by atoms with E-state index in [4.69, 9.17) is 0 Å². The summed E-state index contributed by atoms with van der Waals surface area (Å²) in [4.78, 5) is 43.2. The highest BCUT2D eigenvalue weighted by atomic mass is 19.1. The molecule has 4 rings (SSSR count). The van der Waals surface area contributed by atoms with Crippen molar-refractivity contribution in [2.75, 3.05) is 26.7 Å². The van der Waals surface area contributed by atoms with Gasteiger partial charge in [-0.05, 0) is 42.5 Å². The van der Waals surface area contributed by atoms with Crippen molar-refractivity contribution < 1.29 is 18.8 Å². The van der Waals surface area contributed by atoms with Crippen molar-refractivity contribution in [1.29, 1.82) is 0 Å². The molecule has 0 aromatic heterocycles. The number of nitrogens with zero attached hydrogens (tertiary/aromatic N) is 4. The summed E-state index contributed by atoms with van der Waals surface area (Å²) in [5.41, 5.74) is 1.98. The average Bonchev–Trinajstić information content (AvgIpc) is 2.86. The molecule has 2 aromatic rings. The second-order valence-corrected chi connectivity index (χ2v) is 9.41. The fourth-order valence-electron chi connectivity index (χ4n) is 5.04. The Kier molecular flexibility index (Phi) is 8.20. The number of hydrogen-bond acceptors (Lipinski definition) is 4. The standard InChI is InChI=1S/C27H34FN5O3/c1-3-8-23-26(35)31(16-7-11-20-9-5-4-6-10-20)18-24-32(23)25(34)19-30(2)33(24)27(36)29-17-21-12-14-22(28)15-13-21/h4-6,9-10,12-15,23-24H,3,7-8,11,16-19H2,1-2H3,(H,29,36)/t23-,24-/m0/s1. The second kappa shape index (κ2) is 11.5. The molecular weight excluding hydrogens is 461 g/mol. The van der Waals surface area contributed by atoms with Crippen molar-refractivity contribution in [3.63, 3.8) is 0 Å². The molecule has 192 valence electrons. The molecule has 8 nitrogen and oxygen atoms in total. The molecule has 0 spiro atoms. The number of urea groups is 1. The van der Waals surface area contributed by atoms with Crippen LogP contribution in [0.2, 0.25) is 0 Å². The molecule has 0 aliphatic carbocycles. The molecule has 2 aliphatic rings. The minimum Gasteiger partial charge on any atom is -0.337 e. The molecule has 0 unspecified atom stereocenters. The van der Waals surface area contributed by atoms with Gasteiger partial charge in [-0.15, -0.1) is 0 Å². The maximum atomic E-state index is 13.4. The maximum absolute atomic E-state index is 13.4. The Morgan fingerprint density at radius 2 is 1.78 bits per heavy atom. The zero-order chi connectivity index (χ0) is 25.7. The molecule has 36 heavy (non-hydrogen) atoms. The molecule has 0 radical (unpaired) electrons. The van der Waals surface area contributed by atoms with E-state index in [0.717, 1.165) is 24.8 Å². The van der Waals surface area contributed by atoms with Gasteiger partial charge in [-0.1, -0.05) is 55.8 Å². The van der Waals surface area contributed by atoms with Crippen LogP contribution in [0, 0.1) is 5.82 Å². The Bertz CT molecular complexity index is 1060. The van der Waals surface area contributed by atoms with Crippen LogP contribution >= 0.6 is 0 Å². The molecule has 9 heteroatoms. The number of halogens is 1. The van der Waals surface area contributed by atoms with Crippen molar-refractivity contribution in [2.24, 2.45) is 0 Å². The molecule has 2 saturated heterocycles. The Labute approximate surface area is 211 Å². The zero-order valence-corrected chi connectivity index (χ0v) is 20.9. The Morgan fingerprint density at radius 3 is 2.47 bits per heavy atom. The molecule has 2 atom stereocenters. The number of benzene rings is 2. The molecule has 2 aromatic carbocycles. The number of aryl methyl sites for hydroxylation is 1. The monoisotopic (exact) mass is 495 g/mol. The first-order chi connectivity index (χ1) is 17.4. The summed E-state index contributed by atoms with van der Waals surface area (Å²) in [7, 11) is 1.71. The maximum Gasteiger partial charge on any atom is 0.334 e. The third kappa shape index (κ3) is 5.67.